The predicted molar refractivity (Wildman–Crippen MR) is 121 cm³/mol. The summed E-state index contributed by atoms with van der Waals surface area (Å²) in [4.78, 5) is 20.5. The minimum atomic E-state index is -4.51. The zero-order valence-electron chi connectivity index (χ0n) is 19.4. The standard InChI is InChI=1S/C25H30F3N3O3/c1-23(2,33)17-24(18-8-4-3-5-9-18)13-15-31(22(32)34-24)19-10-7-14-30(16-19)21-12-6-11-20(29-21)25(26,27)28/h3-6,8-9,11-12,19,33H,7,10,13-17H2,1-2H3. The highest BCUT2D eigenvalue weighted by molar-refractivity contribution is 5.70. The number of aliphatic hydroxyl groups is 1. The molecule has 1 N–H and O–H groups in total. The van der Waals surface area contributed by atoms with Crippen molar-refractivity contribution in [2.75, 3.05) is 24.5 Å². The molecule has 2 aliphatic heterocycles. The van der Waals surface area contributed by atoms with Gasteiger partial charge in [0.25, 0.3) is 0 Å². The molecule has 9 heteroatoms. The van der Waals surface area contributed by atoms with E-state index in [1.807, 2.05) is 30.3 Å². The number of cyclic esters (lactones) is 1. The van der Waals surface area contributed by atoms with Crippen LogP contribution in [0.25, 0.3) is 0 Å². The quantitative estimate of drug-likeness (QED) is 0.659. The summed E-state index contributed by atoms with van der Waals surface area (Å²) in [5.74, 6) is 0.255. The number of carbonyl (C=O) groups is 1. The van der Waals surface area contributed by atoms with Crippen LogP contribution < -0.4 is 4.90 Å². The van der Waals surface area contributed by atoms with Gasteiger partial charge in [-0.1, -0.05) is 36.4 Å². The predicted octanol–water partition coefficient (Wildman–Crippen LogP) is 4.97. The lowest BCUT2D eigenvalue weighted by Gasteiger charge is -2.47. The molecule has 2 atom stereocenters. The smallest absolute Gasteiger partial charge is 0.433 e. The number of hydrogen-bond acceptors (Lipinski definition) is 5. The van der Waals surface area contributed by atoms with E-state index in [9.17, 15) is 23.1 Å². The van der Waals surface area contributed by atoms with Crippen molar-refractivity contribution in [3.8, 4) is 0 Å². The van der Waals surface area contributed by atoms with E-state index in [0.717, 1.165) is 24.5 Å². The van der Waals surface area contributed by atoms with Crippen LogP contribution in [0.15, 0.2) is 48.5 Å². The van der Waals surface area contributed by atoms with Crippen LogP contribution in [-0.4, -0.2) is 52.4 Å². The fraction of sp³-hybridized carbons (Fsp3) is 0.520. The van der Waals surface area contributed by atoms with Gasteiger partial charge >= 0.3 is 12.3 Å². The van der Waals surface area contributed by atoms with Crippen molar-refractivity contribution in [3.63, 3.8) is 0 Å². The Balaban J connectivity index is 1.51. The maximum Gasteiger partial charge on any atom is 0.433 e. The van der Waals surface area contributed by atoms with Crippen molar-refractivity contribution in [1.82, 2.24) is 9.88 Å². The normalized spacial score (nSPS) is 24.2. The van der Waals surface area contributed by atoms with Crippen molar-refractivity contribution in [1.29, 1.82) is 0 Å². The van der Waals surface area contributed by atoms with Gasteiger partial charge in [0.1, 0.15) is 17.1 Å². The highest BCUT2D eigenvalue weighted by Gasteiger charge is 2.47. The number of hydrogen-bond donors (Lipinski definition) is 1. The van der Waals surface area contributed by atoms with Crippen LogP contribution in [-0.2, 0) is 16.5 Å². The van der Waals surface area contributed by atoms with Crippen LogP contribution in [0.5, 0.6) is 0 Å². The number of aromatic nitrogens is 1. The molecular formula is C25H30F3N3O3. The summed E-state index contributed by atoms with van der Waals surface area (Å²) in [5.41, 5.74) is -2.08. The maximum atomic E-state index is 13.2. The van der Waals surface area contributed by atoms with Crippen LogP contribution >= 0.6 is 0 Å². The summed E-state index contributed by atoms with van der Waals surface area (Å²) < 4.78 is 45.4. The van der Waals surface area contributed by atoms with E-state index >= 15 is 0 Å². The molecule has 0 bridgehead atoms. The molecule has 1 amide bonds. The number of benzene rings is 1. The Labute approximate surface area is 197 Å². The first-order valence-corrected chi connectivity index (χ1v) is 11.5. The van der Waals surface area contributed by atoms with Gasteiger partial charge in [-0.2, -0.15) is 13.2 Å². The van der Waals surface area contributed by atoms with Gasteiger partial charge in [-0.25, -0.2) is 9.78 Å². The lowest BCUT2D eigenvalue weighted by atomic mass is 9.80. The zero-order chi connectivity index (χ0) is 24.6. The molecule has 184 valence electrons. The summed E-state index contributed by atoms with van der Waals surface area (Å²) in [6, 6.07) is 13.1. The van der Waals surface area contributed by atoms with E-state index in [0.29, 0.717) is 26.1 Å². The highest BCUT2D eigenvalue weighted by atomic mass is 19.4. The second-order valence-corrected chi connectivity index (χ2v) is 9.78. The zero-order valence-corrected chi connectivity index (χ0v) is 19.4. The second-order valence-electron chi connectivity index (χ2n) is 9.78. The fourth-order valence-corrected chi connectivity index (χ4v) is 5.05. The number of amides is 1. The van der Waals surface area contributed by atoms with Gasteiger partial charge in [0.15, 0.2) is 0 Å². The number of anilines is 1. The molecule has 0 aliphatic carbocycles. The van der Waals surface area contributed by atoms with E-state index in [1.165, 1.54) is 6.07 Å². The van der Waals surface area contributed by atoms with Gasteiger partial charge in [0.05, 0.1) is 11.6 Å². The molecule has 1 aromatic carbocycles. The first-order chi connectivity index (χ1) is 16.0. The van der Waals surface area contributed by atoms with Crippen molar-refractivity contribution in [3.05, 3.63) is 59.8 Å². The third kappa shape index (κ3) is 5.29. The van der Waals surface area contributed by atoms with Crippen molar-refractivity contribution < 1.29 is 27.8 Å². The van der Waals surface area contributed by atoms with Gasteiger partial charge in [-0.15, -0.1) is 0 Å². The number of rotatable bonds is 5. The molecule has 2 aromatic rings. The Morgan fingerprint density at radius 1 is 1.12 bits per heavy atom. The summed E-state index contributed by atoms with van der Waals surface area (Å²) in [6.45, 7) is 4.77. The number of nitrogens with zero attached hydrogens (tertiary/aromatic N) is 3. The molecular weight excluding hydrogens is 447 g/mol. The number of halogens is 3. The molecule has 0 spiro atoms. The Bertz CT molecular complexity index is 1010. The molecule has 2 unspecified atom stereocenters. The maximum absolute atomic E-state index is 13.2. The van der Waals surface area contributed by atoms with Crippen LogP contribution in [0, 0.1) is 0 Å². The first kappa shape index (κ1) is 24.3. The lowest BCUT2D eigenvalue weighted by molar-refractivity contribution is -0.141. The van der Waals surface area contributed by atoms with Crippen LogP contribution in [0.1, 0.15) is 50.8 Å². The molecule has 3 heterocycles. The minimum Gasteiger partial charge on any atom is -0.438 e. The molecule has 1 aromatic heterocycles. The van der Waals surface area contributed by atoms with E-state index in [1.54, 1.807) is 29.7 Å². The van der Waals surface area contributed by atoms with E-state index in [4.69, 9.17) is 4.74 Å². The summed E-state index contributed by atoms with van der Waals surface area (Å²) in [6.07, 6.45) is -2.76. The van der Waals surface area contributed by atoms with Gasteiger partial charge in [0, 0.05) is 32.5 Å². The van der Waals surface area contributed by atoms with Crippen molar-refractivity contribution in [2.45, 2.75) is 63.0 Å². The average Bonchev–Trinajstić information content (AvgIpc) is 2.78. The molecule has 2 aliphatic rings. The van der Waals surface area contributed by atoms with Crippen molar-refractivity contribution in [2.24, 2.45) is 0 Å². The number of pyridine rings is 1. The van der Waals surface area contributed by atoms with Gasteiger partial charge in [0.2, 0.25) is 0 Å². The lowest BCUT2D eigenvalue weighted by Crippen LogP contribution is -2.57. The van der Waals surface area contributed by atoms with Crippen LogP contribution in [0.4, 0.5) is 23.8 Å². The van der Waals surface area contributed by atoms with Gasteiger partial charge in [-0.3, -0.25) is 0 Å². The van der Waals surface area contributed by atoms with Crippen molar-refractivity contribution >= 4 is 11.9 Å². The Hall–Kier alpha value is -2.81. The molecule has 2 saturated heterocycles. The number of ether oxygens (including phenoxy) is 1. The third-order valence-electron chi connectivity index (χ3n) is 6.48. The largest absolute Gasteiger partial charge is 0.438 e. The fourth-order valence-electron chi connectivity index (χ4n) is 5.05. The Kier molecular flexibility index (Phi) is 6.50. The summed E-state index contributed by atoms with van der Waals surface area (Å²) in [7, 11) is 0. The van der Waals surface area contributed by atoms with Gasteiger partial charge < -0.3 is 19.6 Å². The average molecular weight is 478 g/mol. The highest BCUT2D eigenvalue weighted by Crippen LogP contribution is 2.41. The molecule has 4 rings (SSSR count). The Morgan fingerprint density at radius 2 is 1.85 bits per heavy atom. The minimum absolute atomic E-state index is 0.200. The molecule has 0 radical (unpaired) electrons. The summed E-state index contributed by atoms with van der Waals surface area (Å²) >= 11 is 0. The monoisotopic (exact) mass is 477 g/mol. The Morgan fingerprint density at radius 3 is 2.50 bits per heavy atom. The third-order valence-corrected chi connectivity index (χ3v) is 6.48. The molecule has 2 fully saturated rings. The molecule has 0 saturated carbocycles. The van der Waals surface area contributed by atoms with E-state index < -0.39 is 29.2 Å². The van der Waals surface area contributed by atoms with E-state index in [2.05, 4.69) is 4.98 Å². The topological polar surface area (TPSA) is 65.9 Å². The van der Waals surface area contributed by atoms with E-state index in [-0.39, 0.29) is 18.3 Å². The van der Waals surface area contributed by atoms with Crippen LogP contribution in [0.3, 0.4) is 0 Å². The molecule has 34 heavy (non-hydrogen) atoms. The second kappa shape index (κ2) is 9.09. The SMILES string of the molecule is CC(C)(O)CC1(c2ccccc2)CCN(C2CCCN(c3cccc(C(F)(F)F)n3)C2)C(=O)O1. The summed E-state index contributed by atoms with van der Waals surface area (Å²) in [5, 5.41) is 10.5. The number of carbonyl (C=O) groups excluding carboxylic acids is 1. The number of alkyl halides is 3. The molecule has 6 nitrogen and oxygen atoms in total. The van der Waals surface area contributed by atoms with Gasteiger partial charge in [-0.05, 0) is 44.4 Å². The number of piperidine rings is 1. The van der Waals surface area contributed by atoms with Crippen LogP contribution in [0.2, 0.25) is 0 Å². The first-order valence-electron chi connectivity index (χ1n) is 11.5.